The number of aliphatic carboxylic acids is 1. The van der Waals surface area contributed by atoms with Crippen LogP contribution in [-0.4, -0.2) is 67.6 Å². The number of hydrogen-bond donors (Lipinski definition) is 1. The van der Waals surface area contributed by atoms with Crippen molar-refractivity contribution in [2.45, 2.75) is 85.8 Å². The van der Waals surface area contributed by atoms with Crippen molar-refractivity contribution in [1.29, 1.82) is 0 Å². The van der Waals surface area contributed by atoms with Gasteiger partial charge in [0.2, 0.25) is 17.7 Å². The molecule has 0 amide bonds. The van der Waals surface area contributed by atoms with Gasteiger partial charge in [-0.1, -0.05) is 13.8 Å². The van der Waals surface area contributed by atoms with E-state index >= 15 is 0 Å². The number of fused-ring (bicyclic) bond motifs is 2. The summed E-state index contributed by atoms with van der Waals surface area (Å²) in [7, 11) is 2.66. The van der Waals surface area contributed by atoms with Crippen molar-refractivity contribution in [2.24, 2.45) is 0 Å². The van der Waals surface area contributed by atoms with Crippen molar-refractivity contribution < 1.29 is 55.7 Å². The number of aryl methyl sites for hydroxylation is 2. The van der Waals surface area contributed by atoms with Crippen molar-refractivity contribution in [3.05, 3.63) is 85.8 Å². The summed E-state index contributed by atoms with van der Waals surface area (Å²) in [5, 5.41) is 8.93. The third-order valence-electron chi connectivity index (χ3n) is 6.79. The van der Waals surface area contributed by atoms with Crippen LogP contribution in [0.15, 0.2) is 49.7 Å². The highest BCUT2D eigenvalue weighted by molar-refractivity contribution is 5.77. The van der Waals surface area contributed by atoms with Crippen LogP contribution in [-0.2, 0) is 68.0 Å². The van der Waals surface area contributed by atoms with E-state index in [4.69, 9.17) is 32.9 Å². The highest BCUT2D eigenvalue weighted by atomic mass is 19.4. The van der Waals surface area contributed by atoms with Gasteiger partial charge < -0.3 is 28.2 Å². The predicted molar refractivity (Wildman–Crippen MR) is 180 cm³/mol. The summed E-state index contributed by atoms with van der Waals surface area (Å²) < 4.78 is 59.6. The first-order valence-electron chi connectivity index (χ1n) is 15.6. The SMILES string of the molecule is CCc1cc(=O)oc2c1c(=O)n(CC(=O)O)c(=O)n2COC.CCc1cc(=O)oc2c1c(=O)n(CC(=O)OC(C)(C)C)c(=O)n2COC.O=CC(F)(F)F. The normalized spacial score (nSPS) is 11.4. The van der Waals surface area contributed by atoms with Gasteiger partial charge in [-0.05, 0) is 44.7 Å². The number of ether oxygens (including phenoxy) is 3. The van der Waals surface area contributed by atoms with Gasteiger partial charge in [-0.25, -0.2) is 37.4 Å². The Hall–Kier alpha value is -5.90. The Morgan fingerprint density at radius 1 is 0.741 bits per heavy atom. The minimum Gasteiger partial charge on any atom is -0.480 e. The topological polar surface area (TPSA) is 248 Å². The number of carbonyl (C=O) groups excluding carboxylic acids is 2. The summed E-state index contributed by atoms with van der Waals surface area (Å²) in [6, 6.07) is 2.35. The smallest absolute Gasteiger partial charge is 0.446 e. The summed E-state index contributed by atoms with van der Waals surface area (Å²) >= 11 is 0. The van der Waals surface area contributed by atoms with Crippen molar-refractivity contribution >= 4 is 40.4 Å². The zero-order valence-electron chi connectivity index (χ0n) is 30.1. The molecule has 0 saturated heterocycles. The van der Waals surface area contributed by atoms with Gasteiger partial charge in [0.05, 0.1) is 0 Å². The first-order valence-corrected chi connectivity index (χ1v) is 15.6. The van der Waals surface area contributed by atoms with Gasteiger partial charge in [0, 0.05) is 26.4 Å². The Kier molecular flexibility index (Phi) is 14.9. The summed E-state index contributed by atoms with van der Waals surface area (Å²) in [5.74, 6) is -2.06. The molecule has 0 atom stereocenters. The molecule has 0 unspecified atom stereocenters. The number of carbonyl (C=O) groups is 3. The van der Waals surface area contributed by atoms with Crippen molar-refractivity contribution in [1.82, 2.24) is 18.3 Å². The second kappa shape index (κ2) is 18.2. The number of alkyl halides is 3. The van der Waals surface area contributed by atoms with Gasteiger partial charge in [0.1, 0.15) is 42.9 Å². The van der Waals surface area contributed by atoms with Crippen LogP contribution in [0.2, 0.25) is 0 Å². The second-order valence-electron chi connectivity index (χ2n) is 11.9. The number of methoxy groups -OCH3 is 2. The Morgan fingerprint density at radius 3 is 1.41 bits per heavy atom. The fourth-order valence-corrected chi connectivity index (χ4v) is 4.76. The second-order valence-corrected chi connectivity index (χ2v) is 11.9. The lowest BCUT2D eigenvalue weighted by molar-refractivity contribution is -0.156. The van der Waals surface area contributed by atoms with E-state index in [-0.39, 0.29) is 35.7 Å². The minimum atomic E-state index is -4.64. The van der Waals surface area contributed by atoms with Crippen molar-refractivity contribution in [2.75, 3.05) is 14.2 Å². The number of nitrogens with zero attached hydrogens (tertiary/aromatic N) is 4. The third-order valence-corrected chi connectivity index (χ3v) is 6.79. The molecule has 4 rings (SSSR count). The average Bonchev–Trinajstić information content (AvgIpc) is 3.07. The van der Waals surface area contributed by atoms with Gasteiger partial charge in [0.25, 0.3) is 11.1 Å². The summed E-state index contributed by atoms with van der Waals surface area (Å²) in [6.45, 7) is 6.64. The molecular weight excluding hydrogens is 737 g/mol. The van der Waals surface area contributed by atoms with E-state index in [1.54, 1.807) is 34.6 Å². The maximum absolute atomic E-state index is 12.8. The van der Waals surface area contributed by atoms with E-state index in [0.717, 1.165) is 19.8 Å². The predicted octanol–water partition coefficient (Wildman–Crippen LogP) is 0.739. The first kappa shape index (κ1) is 44.3. The van der Waals surface area contributed by atoms with Crippen LogP contribution in [0.4, 0.5) is 13.2 Å². The number of aromatic nitrogens is 4. The molecule has 0 aromatic carbocycles. The fourth-order valence-electron chi connectivity index (χ4n) is 4.76. The number of esters is 1. The molecule has 0 radical (unpaired) electrons. The van der Waals surface area contributed by atoms with E-state index < -0.39 is 76.8 Å². The molecule has 0 aliphatic heterocycles. The molecule has 19 nitrogen and oxygen atoms in total. The van der Waals surface area contributed by atoms with E-state index in [9.17, 15) is 51.5 Å². The molecule has 0 bridgehead atoms. The van der Waals surface area contributed by atoms with Gasteiger partial charge in [-0.3, -0.25) is 24.0 Å². The molecule has 4 heterocycles. The molecule has 0 spiro atoms. The van der Waals surface area contributed by atoms with E-state index in [1.807, 2.05) is 0 Å². The lowest BCUT2D eigenvalue weighted by Gasteiger charge is -2.20. The van der Waals surface area contributed by atoms with Crippen LogP contribution in [0.1, 0.15) is 45.7 Å². The Morgan fingerprint density at radius 2 is 1.11 bits per heavy atom. The molecule has 1 N–H and O–H groups in total. The molecular formula is C32H37F3N4O15. The Balaban J connectivity index is 0.000000328. The standard InChI is InChI=1S/C17H22N2O7.C13H14N2O7.C2HF3O/c1-6-10-7-11(20)25-15-13(10)14(22)18(16(23)19(15)9-24-5)8-12(21)26-17(2,3)4;1-3-7-4-9(18)22-12-10(7)11(19)14(5-8(16)17)13(20)15(12)6-21-2;3-2(4,5)1-6/h7H,6,8-9H2,1-5H3;4H,3,5-6H2,1-2H3,(H,16,17);1H. The molecule has 4 aromatic heterocycles. The van der Waals surface area contributed by atoms with Crippen LogP contribution in [0, 0.1) is 0 Å². The summed E-state index contributed by atoms with van der Waals surface area (Å²) in [6.07, 6.45) is -4.99. The molecule has 0 saturated carbocycles. The zero-order chi connectivity index (χ0) is 41.3. The monoisotopic (exact) mass is 774 g/mol. The number of aldehydes is 1. The van der Waals surface area contributed by atoms with Gasteiger partial charge in [-0.15, -0.1) is 0 Å². The first-order chi connectivity index (χ1) is 25.0. The Labute approximate surface area is 300 Å². The van der Waals surface area contributed by atoms with E-state index in [1.165, 1.54) is 20.3 Å². The molecule has 296 valence electrons. The van der Waals surface area contributed by atoms with Gasteiger partial charge in [-0.2, -0.15) is 13.2 Å². The highest BCUT2D eigenvalue weighted by Crippen LogP contribution is 2.14. The fraction of sp³-hybridized carbons (Fsp3) is 0.469. The van der Waals surface area contributed by atoms with Crippen LogP contribution in [0.5, 0.6) is 0 Å². The van der Waals surface area contributed by atoms with Crippen molar-refractivity contribution in [3.63, 3.8) is 0 Å². The van der Waals surface area contributed by atoms with Crippen LogP contribution < -0.4 is 33.7 Å². The summed E-state index contributed by atoms with van der Waals surface area (Å²) in [4.78, 5) is 105. The van der Waals surface area contributed by atoms with Crippen molar-refractivity contribution in [3.8, 4) is 0 Å². The number of halogens is 3. The van der Waals surface area contributed by atoms with E-state index in [2.05, 4.69) is 0 Å². The number of rotatable bonds is 10. The van der Waals surface area contributed by atoms with Crippen LogP contribution >= 0.6 is 0 Å². The lowest BCUT2D eigenvalue weighted by Crippen LogP contribution is -2.43. The third kappa shape index (κ3) is 11.1. The molecule has 4 aromatic rings. The zero-order valence-corrected chi connectivity index (χ0v) is 30.1. The van der Waals surface area contributed by atoms with E-state index in [0.29, 0.717) is 28.5 Å². The van der Waals surface area contributed by atoms with Gasteiger partial charge >= 0.3 is 40.7 Å². The maximum Gasteiger partial charge on any atom is 0.446 e. The number of carboxylic acid groups (broad SMARTS) is 1. The van der Waals surface area contributed by atoms with Crippen LogP contribution in [0.25, 0.3) is 22.2 Å². The molecule has 0 fully saturated rings. The molecule has 22 heteroatoms. The number of hydrogen-bond acceptors (Lipinski definition) is 14. The lowest BCUT2D eigenvalue weighted by atomic mass is 10.1. The average molecular weight is 775 g/mol. The summed E-state index contributed by atoms with van der Waals surface area (Å²) in [5.41, 5.74) is -5.01. The van der Waals surface area contributed by atoms with Crippen LogP contribution in [0.3, 0.4) is 0 Å². The molecule has 0 aliphatic carbocycles. The highest BCUT2D eigenvalue weighted by Gasteiger charge is 2.25. The maximum atomic E-state index is 12.8. The van der Waals surface area contributed by atoms with Gasteiger partial charge in [0.15, 0.2) is 0 Å². The Bertz CT molecular complexity index is 2390. The minimum absolute atomic E-state index is 0.000000000000000444. The number of carboxylic acids is 1. The molecule has 0 aliphatic rings. The largest absolute Gasteiger partial charge is 0.480 e. The molecule has 54 heavy (non-hydrogen) atoms. The quantitative estimate of drug-likeness (QED) is 0.172.